The monoisotopic (exact) mass is 593 g/mol. The predicted octanol–water partition coefficient (Wildman–Crippen LogP) is 0.571. The summed E-state index contributed by atoms with van der Waals surface area (Å²) >= 11 is 0. The first-order valence-corrected chi connectivity index (χ1v) is 14.0. The third-order valence-electron chi connectivity index (χ3n) is 6.48. The molecular weight excluding hydrogens is 554 g/mol. The largest absolute Gasteiger partial charge is 0.379 e. The van der Waals surface area contributed by atoms with Crippen LogP contribution < -0.4 is 38.7 Å². The number of nitrogen functional groups attached to an aromatic ring is 1. The molecule has 3 rings (SSSR count). The molecule has 0 fully saturated rings. The lowest BCUT2D eigenvalue weighted by atomic mass is 10.0. The van der Waals surface area contributed by atoms with E-state index in [4.69, 9.17) is 17.2 Å². The molecule has 3 aromatic rings. The van der Waals surface area contributed by atoms with Crippen LogP contribution in [0.25, 0.3) is 11.2 Å². The summed E-state index contributed by atoms with van der Waals surface area (Å²) < 4.78 is 0. The molecule has 2 atom stereocenters. The molecule has 0 saturated carbocycles. The van der Waals surface area contributed by atoms with Gasteiger partial charge in [-0.25, -0.2) is 9.97 Å². The summed E-state index contributed by atoms with van der Waals surface area (Å²) in [5.41, 5.74) is 17.7. The number of ketones is 1. The van der Waals surface area contributed by atoms with E-state index in [2.05, 4.69) is 40.9 Å². The molecule has 2 amide bonds. The van der Waals surface area contributed by atoms with Crippen molar-refractivity contribution in [1.29, 1.82) is 0 Å². The van der Waals surface area contributed by atoms with Crippen LogP contribution in [0.1, 0.15) is 62.0 Å². The second-order valence-electron chi connectivity index (χ2n) is 10.3. The number of hydrogen-bond acceptors (Lipinski definition) is 10. The van der Waals surface area contributed by atoms with Gasteiger partial charge in [0.05, 0.1) is 18.4 Å². The van der Waals surface area contributed by atoms with Crippen LogP contribution in [0.3, 0.4) is 0 Å². The van der Waals surface area contributed by atoms with Crippen molar-refractivity contribution >= 4 is 46.4 Å². The maximum atomic E-state index is 12.5. The average Bonchev–Trinajstić information content (AvgIpc) is 2.96. The Morgan fingerprint density at radius 2 is 1.81 bits per heavy atom. The second kappa shape index (κ2) is 15.8. The quantitative estimate of drug-likeness (QED) is 0.0687. The predicted molar refractivity (Wildman–Crippen MR) is 164 cm³/mol. The minimum absolute atomic E-state index is 0.0265. The molecular formula is C28H39N11O4. The number of nitrogens with zero attached hydrogens (tertiary/aromatic N) is 4. The van der Waals surface area contributed by atoms with E-state index in [0.717, 1.165) is 18.5 Å². The number of benzene rings is 1. The number of aliphatic imine (C=N–C) groups is 1. The maximum absolute atomic E-state index is 12.5. The highest BCUT2D eigenvalue weighted by Gasteiger charge is 2.18. The van der Waals surface area contributed by atoms with Crippen LogP contribution in [0.2, 0.25) is 0 Å². The Kier molecular flexibility index (Phi) is 11.9. The minimum Gasteiger partial charge on any atom is -0.379 e. The van der Waals surface area contributed by atoms with Crippen LogP contribution in [-0.2, 0) is 16.1 Å². The van der Waals surface area contributed by atoms with E-state index < -0.39 is 11.5 Å². The molecule has 0 spiro atoms. The highest BCUT2D eigenvalue weighted by Crippen LogP contribution is 2.12. The van der Waals surface area contributed by atoms with Crippen molar-refractivity contribution in [2.75, 3.05) is 24.1 Å². The summed E-state index contributed by atoms with van der Waals surface area (Å²) in [6.45, 7) is 4.75. The van der Waals surface area contributed by atoms with Crippen molar-refractivity contribution in [3.05, 3.63) is 52.1 Å². The SMILES string of the molecule is C[C@H](CCCN=C(N)N)NC(=O)[C@H](C)CC(=O)CCCNC(=O)c1ccc(NCc2cnc3nc(N)[nH]c(=O)c3n2)cc1. The van der Waals surface area contributed by atoms with Crippen LogP contribution in [-0.4, -0.2) is 62.6 Å². The number of H-pyrrole nitrogens is 1. The van der Waals surface area contributed by atoms with Crippen molar-refractivity contribution in [3.8, 4) is 0 Å². The van der Waals surface area contributed by atoms with E-state index in [-0.39, 0.29) is 59.6 Å². The number of nitrogens with one attached hydrogen (secondary N) is 4. The molecule has 10 N–H and O–H groups in total. The van der Waals surface area contributed by atoms with E-state index in [1.165, 1.54) is 6.20 Å². The average molecular weight is 594 g/mol. The lowest BCUT2D eigenvalue weighted by Gasteiger charge is -2.17. The number of Topliss-reactive ketones (excluding diaryl/α,β-unsaturated/α-hetero) is 1. The van der Waals surface area contributed by atoms with Crippen molar-refractivity contribution in [3.63, 3.8) is 0 Å². The van der Waals surface area contributed by atoms with Crippen molar-refractivity contribution in [2.45, 2.75) is 58.5 Å². The number of nitrogens with two attached hydrogens (primary N) is 3. The molecule has 0 aliphatic heterocycles. The number of anilines is 2. The zero-order chi connectivity index (χ0) is 31.4. The van der Waals surface area contributed by atoms with E-state index in [0.29, 0.717) is 37.3 Å². The van der Waals surface area contributed by atoms with Gasteiger partial charge in [-0.05, 0) is 50.5 Å². The molecule has 15 nitrogen and oxygen atoms in total. The lowest BCUT2D eigenvalue weighted by Crippen LogP contribution is -2.37. The minimum atomic E-state index is -0.465. The Hall–Kier alpha value is -5.08. The smallest absolute Gasteiger partial charge is 0.280 e. The summed E-state index contributed by atoms with van der Waals surface area (Å²) in [5.74, 6) is -0.885. The molecule has 0 unspecified atom stereocenters. The molecule has 0 aliphatic rings. The standard InChI is InChI=1S/C28H39N11O4/c1-16(24(41)36-17(2)5-3-12-33-27(29)30)13-21(40)6-4-11-32-25(42)18-7-9-19(10-8-18)34-14-20-15-35-23-22(37-20)26(43)39-28(31)38-23/h7-10,15-17,34H,3-6,11-14H2,1-2H3,(H,32,42)(H,36,41)(H4,29,30,33)(H3,31,35,38,39,43)/t16-,17-/m1/s1. The van der Waals surface area contributed by atoms with Gasteiger partial charge in [0.2, 0.25) is 11.9 Å². The fourth-order valence-electron chi connectivity index (χ4n) is 4.18. The number of hydrogen-bond donors (Lipinski definition) is 7. The molecule has 15 heteroatoms. The van der Waals surface area contributed by atoms with Gasteiger partial charge in [-0.2, -0.15) is 4.98 Å². The topological polar surface area (TPSA) is 249 Å². The number of rotatable bonds is 16. The Morgan fingerprint density at radius 3 is 2.53 bits per heavy atom. The fraction of sp³-hybridized carbons (Fsp3) is 0.429. The van der Waals surface area contributed by atoms with Crippen LogP contribution in [0.15, 0.2) is 40.2 Å². The van der Waals surface area contributed by atoms with Crippen molar-refractivity contribution in [2.24, 2.45) is 22.4 Å². The molecule has 2 aromatic heterocycles. The Morgan fingerprint density at radius 1 is 1.07 bits per heavy atom. The summed E-state index contributed by atoms with van der Waals surface area (Å²) in [4.78, 5) is 67.9. The van der Waals surface area contributed by atoms with Gasteiger partial charge in [0.15, 0.2) is 17.1 Å². The molecule has 43 heavy (non-hydrogen) atoms. The van der Waals surface area contributed by atoms with E-state index in [9.17, 15) is 19.2 Å². The van der Waals surface area contributed by atoms with E-state index in [1.54, 1.807) is 31.2 Å². The number of aromatic nitrogens is 4. The first kappa shape index (κ1) is 32.4. The third kappa shape index (κ3) is 10.7. The van der Waals surface area contributed by atoms with E-state index >= 15 is 0 Å². The van der Waals surface area contributed by atoms with Gasteiger partial charge < -0.3 is 33.2 Å². The molecule has 230 valence electrons. The molecule has 0 saturated heterocycles. The normalized spacial score (nSPS) is 12.2. The highest BCUT2D eigenvalue weighted by atomic mass is 16.2. The second-order valence-corrected chi connectivity index (χ2v) is 10.3. The first-order valence-electron chi connectivity index (χ1n) is 14.0. The number of carbonyl (C=O) groups excluding carboxylic acids is 3. The van der Waals surface area contributed by atoms with Crippen LogP contribution in [0.4, 0.5) is 11.6 Å². The Balaban J connectivity index is 1.34. The van der Waals surface area contributed by atoms with E-state index in [1.807, 2.05) is 6.92 Å². The lowest BCUT2D eigenvalue weighted by molar-refractivity contribution is -0.129. The molecule has 1 aromatic carbocycles. The molecule has 0 radical (unpaired) electrons. The van der Waals surface area contributed by atoms with Crippen LogP contribution >= 0.6 is 0 Å². The maximum Gasteiger partial charge on any atom is 0.280 e. The molecule has 2 heterocycles. The van der Waals surface area contributed by atoms with Gasteiger partial charge in [0.25, 0.3) is 11.5 Å². The Bertz CT molecular complexity index is 1500. The van der Waals surface area contributed by atoms with Gasteiger partial charge in [-0.3, -0.25) is 29.2 Å². The first-order chi connectivity index (χ1) is 20.5. The van der Waals surface area contributed by atoms with Gasteiger partial charge in [0.1, 0.15) is 5.78 Å². The number of amides is 2. The summed E-state index contributed by atoms with van der Waals surface area (Å²) in [6.07, 6.45) is 3.84. The zero-order valence-corrected chi connectivity index (χ0v) is 24.4. The van der Waals surface area contributed by atoms with Crippen LogP contribution in [0, 0.1) is 5.92 Å². The zero-order valence-electron chi connectivity index (χ0n) is 24.4. The molecule has 0 bridgehead atoms. The molecule has 0 aliphatic carbocycles. The number of carbonyl (C=O) groups is 3. The van der Waals surface area contributed by atoms with Crippen molar-refractivity contribution in [1.82, 2.24) is 30.6 Å². The fourth-order valence-corrected chi connectivity index (χ4v) is 4.18. The number of aromatic amines is 1. The van der Waals surface area contributed by atoms with Crippen LogP contribution in [0.5, 0.6) is 0 Å². The summed E-state index contributed by atoms with van der Waals surface area (Å²) in [7, 11) is 0. The van der Waals surface area contributed by atoms with Crippen molar-refractivity contribution < 1.29 is 14.4 Å². The summed E-state index contributed by atoms with van der Waals surface area (Å²) in [6, 6.07) is 6.80. The highest BCUT2D eigenvalue weighted by molar-refractivity contribution is 5.94. The van der Waals surface area contributed by atoms with Gasteiger partial charge in [0, 0.05) is 49.1 Å². The van der Waals surface area contributed by atoms with Gasteiger partial charge >= 0.3 is 0 Å². The summed E-state index contributed by atoms with van der Waals surface area (Å²) in [5, 5.41) is 8.89. The Labute approximate surface area is 248 Å². The third-order valence-corrected chi connectivity index (χ3v) is 6.48. The number of guanidine groups is 1. The number of fused-ring (bicyclic) bond motifs is 1. The van der Waals surface area contributed by atoms with Gasteiger partial charge in [-0.15, -0.1) is 0 Å². The van der Waals surface area contributed by atoms with Gasteiger partial charge in [-0.1, -0.05) is 6.92 Å².